The Bertz CT molecular complexity index is 1110. The zero-order valence-electron chi connectivity index (χ0n) is 19.9. The average Bonchev–Trinajstić information content (AvgIpc) is 3.09. The van der Waals surface area contributed by atoms with E-state index in [9.17, 15) is 9.59 Å². The normalized spacial score (nSPS) is 11.8. The predicted molar refractivity (Wildman–Crippen MR) is 129 cm³/mol. The molecule has 0 aliphatic rings. The largest absolute Gasteiger partial charge is 0.493 e. The van der Waals surface area contributed by atoms with Crippen LogP contribution in [0.25, 0.3) is 5.69 Å². The highest BCUT2D eigenvalue weighted by atomic mass is 16.5. The highest BCUT2D eigenvalue weighted by Gasteiger charge is 2.26. The van der Waals surface area contributed by atoms with Crippen LogP contribution < -0.4 is 15.4 Å². The van der Waals surface area contributed by atoms with Gasteiger partial charge in [0.2, 0.25) is 5.91 Å². The Morgan fingerprint density at radius 1 is 1.03 bits per heavy atom. The summed E-state index contributed by atoms with van der Waals surface area (Å²) in [7, 11) is 0. The molecule has 0 aliphatic carbocycles. The molecule has 0 fully saturated rings. The number of aryl methyl sites for hydroxylation is 1. The first kappa shape index (κ1) is 24.0. The Balaban J connectivity index is 1.72. The molecule has 7 heteroatoms. The zero-order chi connectivity index (χ0) is 24.0. The Kier molecular flexibility index (Phi) is 7.87. The van der Waals surface area contributed by atoms with Gasteiger partial charge in [-0.05, 0) is 51.0 Å². The smallest absolute Gasteiger partial charge is 0.255 e. The van der Waals surface area contributed by atoms with Crippen LogP contribution in [-0.2, 0) is 11.3 Å². The Labute approximate surface area is 195 Å². The van der Waals surface area contributed by atoms with E-state index in [1.54, 1.807) is 18.2 Å². The van der Waals surface area contributed by atoms with Crippen LogP contribution in [-0.4, -0.2) is 34.2 Å². The molecule has 1 unspecified atom stereocenters. The third-order valence-electron chi connectivity index (χ3n) is 5.55. The fourth-order valence-corrected chi connectivity index (χ4v) is 3.73. The third-order valence-corrected chi connectivity index (χ3v) is 5.55. The topological polar surface area (TPSA) is 85.2 Å². The molecule has 0 saturated heterocycles. The molecule has 0 spiro atoms. The van der Waals surface area contributed by atoms with Crippen molar-refractivity contribution in [3.05, 3.63) is 77.1 Å². The molecule has 2 amide bonds. The molecular weight excluding hydrogens is 416 g/mol. The zero-order valence-corrected chi connectivity index (χ0v) is 19.9. The number of rotatable bonds is 9. The molecule has 0 bridgehead atoms. The number of nitrogens with zero attached hydrogens (tertiary/aromatic N) is 2. The summed E-state index contributed by atoms with van der Waals surface area (Å²) < 4.78 is 7.44. The van der Waals surface area contributed by atoms with E-state index in [1.807, 2.05) is 75.7 Å². The number of hydrogen-bond acceptors (Lipinski definition) is 4. The van der Waals surface area contributed by atoms with Crippen LogP contribution in [0.1, 0.15) is 48.1 Å². The Hall–Kier alpha value is -3.61. The average molecular weight is 449 g/mol. The summed E-state index contributed by atoms with van der Waals surface area (Å²) in [5.41, 5.74) is 4.16. The van der Waals surface area contributed by atoms with Gasteiger partial charge in [0.15, 0.2) is 0 Å². The molecule has 2 N–H and O–H groups in total. The maximum absolute atomic E-state index is 13.1. The standard InChI is InChI=1S/C26H32N4O3/c1-6-33-23-15-11-10-14-21(23)25(31)28-24(17(2)3)26(32)27-16-22-18(4)29-30(19(22)5)20-12-8-7-9-13-20/h7-15,17,24H,6,16H2,1-5H3,(H,27,32)(H,28,31). The predicted octanol–water partition coefficient (Wildman–Crippen LogP) is 3.96. The van der Waals surface area contributed by atoms with Crippen molar-refractivity contribution in [1.29, 1.82) is 0 Å². The molecule has 0 radical (unpaired) electrons. The second kappa shape index (κ2) is 10.8. The number of hydrogen-bond donors (Lipinski definition) is 2. The summed E-state index contributed by atoms with van der Waals surface area (Å²) >= 11 is 0. The fraction of sp³-hybridized carbons (Fsp3) is 0.346. The summed E-state index contributed by atoms with van der Waals surface area (Å²) in [5.74, 6) is -0.168. The van der Waals surface area contributed by atoms with Crippen molar-refractivity contribution in [2.75, 3.05) is 6.61 Å². The van der Waals surface area contributed by atoms with Gasteiger partial charge in [-0.2, -0.15) is 5.10 Å². The first-order valence-electron chi connectivity index (χ1n) is 11.2. The number of para-hydroxylation sites is 2. The molecule has 3 rings (SSSR count). The van der Waals surface area contributed by atoms with Crippen molar-refractivity contribution in [1.82, 2.24) is 20.4 Å². The van der Waals surface area contributed by atoms with Gasteiger partial charge >= 0.3 is 0 Å². The number of benzene rings is 2. The molecule has 1 heterocycles. The van der Waals surface area contributed by atoms with E-state index >= 15 is 0 Å². The van der Waals surface area contributed by atoms with Gasteiger partial charge in [-0.25, -0.2) is 4.68 Å². The van der Waals surface area contributed by atoms with E-state index in [1.165, 1.54) is 0 Å². The van der Waals surface area contributed by atoms with E-state index in [2.05, 4.69) is 15.7 Å². The van der Waals surface area contributed by atoms with Crippen LogP contribution >= 0.6 is 0 Å². The van der Waals surface area contributed by atoms with Crippen LogP contribution in [0.4, 0.5) is 0 Å². The van der Waals surface area contributed by atoms with Crippen LogP contribution in [0.3, 0.4) is 0 Å². The summed E-state index contributed by atoms with van der Waals surface area (Å²) in [4.78, 5) is 26.0. The van der Waals surface area contributed by atoms with E-state index < -0.39 is 6.04 Å². The van der Waals surface area contributed by atoms with Crippen LogP contribution in [0.15, 0.2) is 54.6 Å². The summed E-state index contributed by atoms with van der Waals surface area (Å²) in [5, 5.41) is 10.5. The Morgan fingerprint density at radius 3 is 2.36 bits per heavy atom. The number of carbonyl (C=O) groups is 2. The highest BCUT2D eigenvalue weighted by molar-refractivity contribution is 5.99. The third kappa shape index (κ3) is 5.61. The van der Waals surface area contributed by atoms with Gasteiger partial charge in [-0.15, -0.1) is 0 Å². The molecule has 174 valence electrons. The van der Waals surface area contributed by atoms with Gasteiger partial charge in [0.05, 0.1) is 23.6 Å². The molecule has 0 saturated carbocycles. The second-order valence-corrected chi connectivity index (χ2v) is 8.24. The van der Waals surface area contributed by atoms with E-state index in [0.29, 0.717) is 24.5 Å². The minimum atomic E-state index is -0.683. The lowest BCUT2D eigenvalue weighted by atomic mass is 10.0. The monoisotopic (exact) mass is 448 g/mol. The molecule has 7 nitrogen and oxygen atoms in total. The van der Waals surface area contributed by atoms with E-state index in [0.717, 1.165) is 22.6 Å². The number of ether oxygens (including phenoxy) is 1. The van der Waals surface area contributed by atoms with Crippen LogP contribution in [0.5, 0.6) is 5.75 Å². The maximum Gasteiger partial charge on any atom is 0.255 e. The van der Waals surface area contributed by atoms with Crippen molar-refractivity contribution in [3.8, 4) is 11.4 Å². The van der Waals surface area contributed by atoms with Gasteiger partial charge in [-0.3, -0.25) is 9.59 Å². The minimum absolute atomic E-state index is 0.0950. The lowest BCUT2D eigenvalue weighted by Crippen LogP contribution is -2.49. The number of amides is 2. The SMILES string of the molecule is CCOc1ccccc1C(=O)NC(C(=O)NCc1c(C)nn(-c2ccccc2)c1C)C(C)C. The van der Waals surface area contributed by atoms with Gasteiger partial charge < -0.3 is 15.4 Å². The second-order valence-electron chi connectivity index (χ2n) is 8.24. The van der Waals surface area contributed by atoms with Gasteiger partial charge in [0.25, 0.3) is 5.91 Å². The van der Waals surface area contributed by atoms with Crippen molar-refractivity contribution in [3.63, 3.8) is 0 Å². The van der Waals surface area contributed by atoms with E-state index in [-0.39, 0.29) is 17.7 Å². The lowest BCUT2D eigenvalue weighted by molar-refractivity contribution is -0.124. The van der Waals surface area contributed by atoms with Crippen molar-refractivity contribution in [2.24, 2.45) is 5.92 Å². The molecule has 0 aliphatic heterocycles. The minimum Gasteiger partial charge on any atom is -0.493 e. The first-order chi connectivity index (χ1) is 15.8. The number of nitrogens with one attached hydrogen (secondary N) is 2. The molecule has 1 atom stereocenters. The van der Waals surface area contributed by atoms with Crippen molar-refractivity contribution < 1.29 is 14.3 Å². The van der Waals surface area contributed by atoms with Crippen LogP contribution in [0.2, 0.25) is 0 Å². The van der Waals surface area contributed by atoms with Gasteiger partial charge in [-0.1, -0.05) is 44.2 Å². The Morgan fingerprint density at radius 2 is 1.70 bits per heavy atom. The first-order valence-corrected chi connectivity index (χ1v) is 11.2. The summed E-state index contributed by atoms with van der Waals surface area (Å²) in [6.45, 7) is 10.4. The van der Waals surface area contributed by atoms with Crippen LogP contribution in [0, 0.1) is 19.8 Å². The number of aromatic nitrogens is 2. The quantitative estimate of drug-likeness (QED) is 0.519. The van der Waals surface area contributed by atoms with E-state index in [4.69, 9.17) is 4.74 Å². The van der Waals surface area contributed by atoms with Crippen molar-refractivity contribution >= 4 is 11.8 Å². The van der Waals surface area contributed by atoms with Gasteiger partial charge in [0, 0.05) is 17.8 Å². The summed E-state index contributed by atoms with van der Waals surface area (Å²) in [6.07, 6.45) is 0. The molecule has 2 aromatic carbocycles. The summed E-state index contributed by atoms with van der Waals surface area (Å²) in [6, 6.07) is 16.2. The molecule has 33 heavy (non-hydrogen) atoms. The molecule has 3 aromatic rings. The molecule has 1 aromatic heterocycles. The highest BCUT2D eigenvalue weighted by Crippen LogP contribution is 2.20. The number of carbonyl (C=O) groups excluding carboxylic acids is 2. The molecular formula is C26H32N4O3. The van der Waals surface area contributed by atoms with Gasteiger partial charge in [0.1, 0.15) is 11.8 Å². The van der Waals surface area contributed by atoms with Crippen molar-refractivity contribution in [2.45, 2.75) is 47.2 Å². The fourth-order valence-electron chi connectivity index (χ4n) is 3.73. The maximum atomic E-state index is 13.1. The lowest BCUT2D eigenvalue weighted by Gasteiger charge is -2.22.